The van der Waals surface area contributed by atoms with Gasteiger partial charge in [0.05, 0.1) is 6.10 Å². The van der Waals surface area contributed by atoms with E-state index in [2.05, 4.69) is 31.3 Å². The summed E-state index contributed by atoms with van der Waals surface area (Å²) >= 11 is 6.90. The average molecular weight is 325 g/mol. The Morgan fingerprint density at radius 1 is 1.52 bits per heavy atom. The summed E-state index contributed by atoms with van der Waals surface area (Å²) in [5.74, 6) is 0. The number of rotatable bonds is 6. The Hall–Kier alpha value is -0.780. The van der Waals surface area contributed by atoms with Crippen LogP contribution in [0.25, 0.3) is 0 Å². The normalized spacial score (nSPS) is 23.4. The van der Waals surface area contributed by atoms with Crippen LogP contribution in [0.3, 0.4) is 0 Å². The van der Waals surface area contributed by atoms with Crippen LogP contribution < -0.4 is 11.1 Å². The molecule has 0 aliphatic heterocycles. The number of thioether (sulfide) groups is 1. The van der Waals surface area contributed by atoms with Crippen LogP contribution in [-0.2, 0) is 4.74 Å². The second-order valence-corrected chi connectivity index (χ2v) is 7.23. The highest BCUT2D eigenvalue weighted by atomic mass is 32.2. The summed E-state index contributed by atoms with van der Waals surface area (Å²) in [6.45, 7) is 7.30. The zero-order valence-corrected chi connectivity index (χ0v) is 14.7. The van der Waals surface area contributed by atoms with E-state index in [-0.39, 0.29) is 5.41 Å². The van der Waals surface area contributed by atoms with Crippen molar-refractivity contribution in [2.75, 3.05) is 18.2 Å². The SMILES string of the molecule is CCOC1CC(Nc2cccc(SC)c2C(N)=S)C1(C)C. The van der Waals surface area contributed by atoms with Gasteiger partial charge >= 0.3 is 0 Å². The van der Waals surface area contributed by atoms with Gasteiger partial charge in [-0.05, 0) is 31.7 Å². The van der Waals surface area contributed by atoms with Crippen molar-refractivity contribution in [1.29, 1.82) is 0 Å². The molecule has 1 aliphatic rings. The van der Waals surface area contributed by atoms with E-state index in [1.54, 1.807) is 11.8 Å². The smallest absolute Gasteiger partial charge is 0.107 e. The molecule has 1 aromatic carbocycles. The topological polar surface area (TPSA) is 47.3 Å². The van der Waals surface area contributed by atoms with Crippen LogP contribution in [0.1, 0.15) is 32.8 Å². The van der Waals surface area contributed by atoms with Crippen molar-refractivity contribution >= 4 is 34.7 Å². The number of hydrogen-bond acceptors (Lipinski definition) is 4. The molecule has 0 radical (unpaired) electrons. The molecule has 0 heterocycles. The maximum absolute atomic E-state index is 5.92. The van der Waals surface area contributed by atoms with Gasteiger partial charge in [-0.25, -0.2) is 0 Å². The number of nitrogens with one attached hydrogen (secondary N) is 1. The fraction of sp³-hybridized carbons (Fsp3) is 0.562. The van der Waals surface area contributed by atoms with Gasteiger partial charge in [0, 0.05) is 34.2 Å². The average Bonchev–Trinajstić information content (AvgIpc) is 2.45. The summed E-state index contributed by atoms with van der Waals surface area (Å²) in [6.07, 6.45) is 3.37. The zero-order valence-electron chi connectivity index (χ0n) is 13.1. The van der Waals surface area contributed by atoms with Crippen LogP contribution in [0, 0.1) is 5.41 Å². The number of nitrogens with two attached hydrogens (primary N) is 1. The molecule has 2 atom stereocenters. The highest BCUT2D eigenvalue weighted by Gasteiger charge is 2.49. The van der Waals surface area contributed by atoms with Gasteiger partial charge in [-0.2, -0.15) is 0 Å². The zero-order chi connectivity index (χ0) is 15.6. The lowest BCUT2D eigenvalue weighted by molar-refractivity contribution is -0.0976. The predicted molar refractivity (Wildman–Crippen MR) is 95.3 cm³/mol. The molecule has 1 aliphatic carbocycles. The van der Waals surface area contributed by atoms with E-state index in [9.17, 15) is 0 Å². The molecule has 0 bridgehead atoms. The molecular formula is C16H24N2OS2. The Bertz CT molecular complexity index is 531. The lowest BCUT2D eigenvalue weighted by Gasteiger charge is -2.52. The highest BCUT2D eigenvalue weighted by molar-refractivity contribution is 7.98. The molecule has 0 amide bonds. The van der Waals surface area contributed by atoms with Crippen LogP contribution in [-0.4, -0.2) is 30.0 Å². The molecular weight excluding hydrogens is 300 g/mol. The minimum absolute atomic E-state index is 0.110. The first-order chi connectivity index (χ1) is 9.91. The van der Waals surface area contributed by atoms with Crippen molar-refractivity contribution in [3.8, 4) is 0 Å². The molecule has 1 fully saturated rings. The van der Waals surface area contributed by atoms with Gasteiger partial charge in [-0.1, -0.05) is 32.1 Å². The van der Waals surface area contributed by atoms with E-state index in [1.165, 1.54) is 0 Å². The van der Waals surface area contributed by atoms with E-state index in [4.69, 9.17) is 22.7 Å². The number of hydrogen-bond donors (Lipinski definition) is 2. The summed E-state index contributed by atoms with van der Waals surface area (Å²) in [5.41, 5.74) is 8.02. The lowest BCUT2D eigenvalue weighted by atomic mass is 9.64. The van der Waals surface area contributed by atoms with Gasteiger partial charge in [0.25, 0.3) is 0 Å². The first-order valence-electron chi connectivity index (χ1n) is 7.26. The van der Waals surface area contributed by atoms with E-state index in [1.807, 2.05) is 19.2 Å². The van der Waals surface area contributed by atoms with Crippen LogP contribution >= 0.6 is 24.0 Å². The molecule has 0 aromatic heterocycles. The number of benzene rings is 1. The number of ether oxygens (including phenoxy) is 1. The number of anilines is 1. The molecule has 5 heteroatoms. The molecule has 3 N–H and O–H groups in total. The quantitative estimate of drug-likeness (QED) is 0.618. The highest BCUT2D eigenvalue weighted by Crippen LogP contribution is 2.45. The van der Waals surface area contributed by atoms with Crippen molar-refractivity contribution in [2.45, 2.75) is 44.2 Å². The van der Waals surface area contributed by atoms with E-state index < -0.39 is 0 Å². The predicted octanol–water partition coefficient (Wildman–Crippen LogP) is 3.66. The molecule has 0 spiro atoms. The second-order valence-electron chi connectivity index (χ2n) is 5.95. The van der Waals surface area contributed by atoms with Gasteiger partial charge in [-0.3, -0.25) is 0 Å². The Balaban J connectivity index is 2.20. The maximum Gasteiger partial charge on any atom is 0.107 e. The van der Waals surface area contributed by atoms with Gasteiger partial charge in [0.1, 0.15) is 4.99 Å². The van der Waals surface area contributed by atoms with Crippen molar-refractivity contribution < 1.29 is 4.74 Å². The first-order valence-corrected chi connectivity index (χ1v) is 8.90. The standard InChI is InChI=1S/C16H24N2OS2/c1-5-19-13-9-12(16(13,2)3)18-10-7-6-8-11(21-4)14(10)15(17)20/h6-8,12-13,18H,5,9H2,1-4H3,(H2,17,20). The Morgan fingerprint density at radius 2 is 2.24 bits per heavy atom. The molecule has 3 nitrogen and oxygen atoms in total. The monoisotopic (exact) mass is 324 g/mol. The van der Waals surface area contributed by atoms with Crippen LogP contribution in [0.2, 0.25) is 0 Å². The van der Waals surface area contributed by atoms with Gasteiger partial charge < -0.3 is 15.8 Å². The van der Waals surface area contributed by atoms with E-state index >= 15 is 0 Å². The van der Waals surface area contributed by atoms with Crippen LogP contribution in [0.4, 0.5) is 5.69 Å². The van der Waals surface area contributed by atoms with E-state index in [0.29, 0.717) is 17.1 Å². The van der Waals surface area contributed by atoms with Gasteiger partial charge in [-0.15, -0.1) is 11.8 Å². The summed E-state index contributed by atoms with van der Waals surface area (Å²) in [7, 11) is 0. The molecule has 116 valence electrons. The minimum atomic E-state index is 0.110. The summed E-state index contributed by atoms with van der Waals surface area (Å²) < 4.78 is 5.79. The summed E-state index contributed by atoms with van der Waals surface area (Å²) in [6, 6.07) is 6.53. The third-order valence-corrected chi connectivity index (χ3v) is 5.35. The van der Waals surface area contributed by atoms with Crippen LogP contribution in [0.15, 0.2) is 23.1 Å². The molecule has 0 saturated heterocycles. The Kier molecular flexibility index (Phi) is 5.17. The van der Waals surface area contributed by atoms with Crippen molar-refractivity contribution in [1.82, 2.24) is 0 Å². The first kappa shape index (κ1) is 16.6. The molecule has 2 rings (SSSR count). The molecule has 2 unspecified atom stereocenters. The number of thiocarbonyl (C=S) groups is 1. The molecule has 1 saturated carbocycles. The lowest BCUT2D eigenvalue weighted by Crippen LogP contribution is -2.58. The second kappa shape index (κ2) is 6.55. The fourth-order valence-corrected chi connectivity index (χ4v) is 3.80. The maximum atomic E-state index is 5.92. The third kappa shape index (κ3) is 3.20. The van der Waals surface area contributed by atoms with Crippen LogP contribution in [0.5, 0.6) is 0 Å². The van der Waals surface area contributed by atoms with Crippen molar-refractivity contribution in [3.63, 3.8) is 0 Å². The van der Waals surface area contributed by atoms with Crippen molar-refractivity contribution in [3.05, 3.63) is 23.8 Å². The van der Waals surface area contributed by atoms with E-state index in [0.717, 1.165) is 29.2 Å². The largest absolute Gasteiger partial charge is 0.389 e. The Labute approximate surface area is 137 Å². The van der Waals surface area contributed by atoms with Gasteiger partial charge in [0.15, 0.2) is 0 Å². The molecule has 21 heavy (non-hydrogen) atoms. The minimum Gasteiger partial charge on any atom is -0.389 e. The Morgan fingerprint density at radius 3 is 2.76 bits per heavy atom. The summed E-state index contributed by atoms with van der Waals surface area (Å²) in [4.78, 5) is 1.56. The summed E-state index contributed by atoms with van der Waals surface area (Å²) in [5, 5.41) is 3.62. The molecule has 1 aromatic rings. The van der Waals surface area contributed by atoms with Gasteiger partial charge in [0.2, 0.25) is 0 Å². The fourth-order valence-electron chi connectivity index (χ4n) is 2.88. The van der Waals surface area contributed by atoms with Crippen molar-refractivity contribution in [2.24, 2.45) is 11.1 Å². The third-order valence-electron chi connectivity index (χ3n) is 4.37.